The Kier molecular flexibility index (Phi) is 5.51. The lowest BCUT2D eigenvalue weighted by atomic mass is 10.0. The van der Waals surface area contributed by atoms with E-state index in [2.05, 4.69) is 14.7 Å². The van der Waals surface area contributed by atoms with E-state index in [1.165, 1.54) is 12.1 Å². The number of rotatable bonds is 5. The van der Waals surface area contributed by atoms with E-state index in [0.717, 1.165) is 34.3 Å². The van der Waals surface area contributed by atoms with Crippen LogP contribution in [0.4, 0.5) is 15.8 Å². The summed E-state index contributed by atoms with van der Waals surface area (Å²) in [6, 6.07) is 13.8. The number of benzene rings is 2. The van der Waals surface area contributed by atoms with Crippen molar-refractivity contribution in [1.29, 1.82) is 0 Å². The van der Waals surface area contributed by atoms with Crippen molar-refractivity contribution in [3.8, 4) is 11.1 Å². The molecular formula is C22H18ClFN4O2S. The van der Waals surface area contributed by atoms with Gasteiger partial charge in [-0.1, -0.05) is 17.7 Å². The zero-order valence-electron chi connectivity index (χ0n) is 16.7. The number of anilines is 2. The van der Waals surface area contributed by atoms with Gasteiger partial charge in [-0.25, -0.2) is 17.8 Å². The molecule has 1 N–H and O–H groups in total. The lowest BCUT2D eigenvalue weighted by molar-refractivity contribution is 0.599. The van der Waals surface area contributed by atoms with E-state index in [4.69, 9.17) is 11.6 Å². The smallest absolute Gasteiger partial charge is 0.261 e. The molecule has 4 aromatic rings. The molecule has 0 radical (unpaired) electrons. The van der Waals surface area contributed by atoms with E-state index in [9.17, 15) is 12.8 Å². The van der Waals surface area contributed by atoms with E-state index in [1.54, 1.807) is 18.5 Å². The van der Waals surface area contributed by atoms with Crippen LogP contribution in [-0.4, -0.2) is 32.5 Å². The van der Waals surface area contributed by atoms with Gasteiger partial charge in [-0.15, -0.1) is 0 Å². The first-order valence-electron chi connectivity index (χ1n) is 9.25. The fourth-order valence-electron chi connectivity index (χ4n) is 3.20. The first kappa shape index (κ1) is 21.0. The molecule has 158 valence electrons. The van der Waals surface area contributed by atoms with Crippen molar-refractivity contribution >= 4 is 43.9 Å². The molecular weight excluding hydrogens is 439 g/mol. The van der Waals surface area contributed by atoms with Gasteiger partial charge in [0.05, 0.1) is 16.1 Å². The SMILES string of the molecule is CN(C)c1ccnc2ccc(-c3cnc(Cl)c(NS(=O)(=O)c4ccc(F)cc4)c3)cc12. The summed E-state index contributed by atoms with van der Waals surface area (Å²) in [5.74, 6) is -0.525. The van der Waals surface area contributed by atoms with Crippen LogP contribution in [0.5, 0.6) is 0 Å². The Bertz CT molecular complexity index is 1380. The molecule has 31 heavy (non-hydrogen) atoms. The highest BCUT2D eigenvalue weighted by molar-refractivity contribution is 7.92. The number of pyridine rings is 2. The van der Waals surface area contributed by atoms with Gasteiger partial charge in [0.25, 0.3) is 10.0 Å². The number of aromatic nitrogens is 2. The minimum absolute atomic E-state index is 0.00544. The topological polar surface area (TPSA) is 75.2 Å². The minimum atomic E-state index is -3.96. The average Bonchev–Trinajstić information content (AvgIpc) is 2.74. The fraction of sp³-hybridized carbons (Fsp3) is 0.0909. The van der Waals surface area contributed by atoms with Crippen molar-refractivity contribution < 1.29 is 12.8 Å². The van der Waals surface area contributed by atoms with Crippen molar-refractivity contribution in [3.05, 3.63) is 78.0 Å². The van der Waals surface area contributed by atoms with Gasteiger partial charge >= 0.3 is 0 Å². The van der Waals surface area contributed by atoms with Crippen molar-refractivity contribution in [2.45, 2.75) is 4.90 Å². The number of sulfonamides is 1. The van der Waals surface area contributed by atoms with Crippen LogP contribution in [0.25, 0.3) is 22.0 Å². The molecule has 2 aromatic heterocycles. The number of nitrogens with zero attached hydrogens (tertiary/aromatic N) is 3. The largest absolute Gasteiger partial charge is 0.377 e. The molecule has 6 nitrogen and oxygen atoms in total. The summed E-state index contributed by atoms with van der Waals surface area (Å²) < 4.78 is 40.9. The molecule has 0 spiro atoms. The standard InChI is InChI=1S/C22H18ClFN4O2S/c1-28(2)21-9-10-25-19-8-3-14(11-18(19)21)15-12-20(22(23)26-13-15)27-31(29,30)17-6-4-16(24)5-7-17/h3-13,27H,1-2H3. The van der Waals surface area contributed by atoms with Gasteiger partial charge in [-0.3, -0.25) is 9.71 Å². The third kappa shape index (κ3) is 4.30. The highest BCUT2D eigenvalue weighted by Gasteiger charge is 2.17. The summed E-state index contributed by atoms with van der Waals surface area (Å²) in [4.78, 5) is 10.5. The summed E-state index contributed by atoms with van der Waals surface area (Å²) in [6.45, 7) is 0. The lowest BCUT2D eigenvalue weighted by Crippen LogP contribution is -2.13. The van der Waals surface area contributed by atoms with E-state index in [-0.39, 0.29) is 15.7 Å². The third-order valence-corrected chi connectivity index (χ3v) is 6.42. The Morgan fingerprint density at radius 2 is 1.71 bits per heavy atom. The molecule has 0 amide bonds. The predicted molar refractivity (Wildman–Crippen MR) is 122 cm³/mol. The Morgan fingerprint density at radius 1 is 0.968 bits per heavy atom. The van der Waals surface area contributed by atoms with Crippen LogP contribution in [0.15, 0.2) is 71.9 Å². The zero-order chi connectivity index (χ0) is 22.2. The predicted octanol–water partition coefficient (Wildman–Crippen LogP) is 4.96. The molecule has 0 fully saturated rings. The fourth-order valence-corrected chi connectivity index (χ4v) is 4.46. The summed E-state index contributed by atoms with van der Waals surface area (Å²) in [6.07, 6.45) is 3.33. The zero-order valence-corrected chi connectivity index (χ0v) is 18.2. The van der Waals surface area contributed by atoms with Gasteiger partial charge in [0.2, 0.25) is 0 Å². The Morgan fingerprint density at radius 3 is 2.42 bits per heavy atom. The van der Waals surface area contributed by atoms with Crippen LogP contribution in [0.2, 0.25) is 5.15 Å². The molecule has 0 aliphatic heterocycles. The van der Waals surface area contributed by atoms with Crippen LogP contribution in [0.3, 0.4) is 0 Å². The Balaban J connectivity index is 1.74. The van der Waals surface area contributed by atoms with E-state index in [0.29, 0.717) is 5.56 Å². The first-order chi connectivity index (χ1) is 14.7. The summed E-state index contributed by atoms with van der Waals surface area (Å²) in [7, 11) is -0.0579. The number of hydrogen-bond donors (Lipinski definition) is 1. The monoisotopic (exact) mass is 456 g/mol. The number of fused-ring (bicyclic) bond motifs is 1. The van der Waals surface area contributed by atoms with Gasteiger partial charge in [0.15, 0.2) is 5.15 Å². The molecule has 0 bridgehead atoms. The molecule has 9 heteroatoms. The normalized spacial score (nSPS) is 11.5. The van der Waals surface area contributed by atoms with Crippen LogP contribution in [0, 0.1) is 5.82 Å². The summed E-state index contributed by atoms with van der Waals surface area (Å²) in [5.41, 5.74) is 3.48. The molecule has 2 aromatic carbocycles. The lowest BCUT2D eigenvalue weighted by Gasteiger charge is -2.16. The summed E-state index contributed by atoms with van der Waals surface area (Å²) >= 11 is 6.15. The highest BCUT2D eigenvalue weighted by atomic mass is 35.5. The Hall–Kier alpha value is -3.23. The second-order valence-corrected chi connectivity index (χ2v) is 9.12. The molecule has 0 aliphatic rings. The molecule has 0 atom stereocenters. The minimum Gasteiger partial charge on any atom is -0.377 e. The maximum Gasteiger partial charge on any atom is 0.261 e. The van der Waals surface area contributed by atoms with Crippen molar-refractivity contribution in [2.75, 3.05) is 23.7 Å². The molecule has 0 aliphatic carbocycles. The highest BCUT2D eigenvalue weighted by Crippen LogP contribution is 2.32. The third-order valence-electron chi connectivity index (χ3n) is 4.74. The van der Waals surface area contributed by atoms with Gasteiger partial charge in [-0.2, -0.15) is 0 Å². The Labute approximate surface area is 184 Å². The number of halogens is 2. The quantitative estimate of drug-likeness (QED) is 0.430. The van der Waals surface area contributed by atoms with Gasteiger partial charge in [0.1, 0.15) is 5.82 Å². The van der Waals surface area contributed by atoms with E-state index in [1.807, 2.05) is 43.3 Å². The van der Waals surface area contributed by atoms with Crippen molar-refractivity contribution in [2.24, 2.45) is 0 Å². The maximum absolute atomic E-state index is 13.1. The van der Waals surface area contributed by atoms with Gasteiger partial charge in [-0.05, 0) is 54.1 Å². The summed E-state index contributed by atoms with van der Waals surface area (Å²) in [5, 5.41) is 0.958. The van der Waals surface area contributed by atoms with Crippen LogP contribution in [-0.2, 0) is 10.0 Å². The molecule has 2 heterocycles. The first-order valence-corrected chi connectivity index (χ1v) is 11.1. The van der Waals surface area contributed by atoms with Crippen molar-refractivity contribution in [1.82, 2.24) is 9.97 Å². The molecule has 0 saturated heterocycles. The number of nitrogens with one attached hydrogen (secondary N) is 1. The second kappa shape index (κ2) is 8.13. The second-order valence-electron chi connectivity index (χ2n) is 7.08. The van der Waals surface area contributed by atoms with Gasteiger partial charge < -0.3 is 4.90 Å². The maximum atomic E-state index is 13.1. The molecule has 4 rings (SSSR count). The van der Waals surface area contributed by atoms with E-state index < -0.39 is 15.8 Å². The van der Waals surface area contributed by atoms with Crippen molar-refractivity contribution in [3.63, 3.8) is 0 Å². The number of hydrogen-bond acceptors (Lipinski definition) is 5. The van der Waals surface area contributed by atoms with E-state index >= 15 is 0 Å². The molecule has 0 unspecified atom stereocenters. The molecule has 0 saturated carbocycles. The van der Waals surface area contributed by atoms with Crippen LogP contribution >= 0.6 is 11.6 Å². The van der Waals surface area contributed by atoms with Gasteiger partial charge in [0, 0.05) is 43.1 Å². The van der Waals surface area contributed by atoms with Crippen LogP contribution < -0.4 is 9.62 Å². The van der Waals surface area contributed by atoms with Crippen LogP contribution in [0.1, 0.15) is 0 Å². The average molecular weight is 457 g/mol.